The van der Waals surface area contributed by atoms with Crippen molar-refractivity contribution in [1.29, 1.82) is 0 Å². The number of hydrogen-bond acceptors (Lipinski definition) is 5. The predicted molar refractivity (Wildman–Crippen MR) is 122 cm³/mol. The minimum atomic E-state index is -3.54. The molecule has 1 amide bonds. The maximum absolute atomic E-state index is 14.3. The molecule has 0 atom stereocenters. The van der Waals surface area contributed by atoms with Gasteiger partial charge >= 0.3 is 0 Å². The minimum Gasteiger partial charge on any atom is -0.451 e. The first kappa shape index (κ1) is 21.9. The van der Waals surface area contributed by atoms with E-state index in [2.05, 4.69) is 5.32 Å². The maximum Gasteiger partial charge on any atom is 0.291 e. The van der Waals surface area contributed by atoms with Crippen molar-refractivity contribution in [2.75, 3.05) is 11.6 Å². The lowest BCUT2D eigenvalue weighted by molar-refractivity contribution is 0.0997. The summed E-state index contributed by atoms with van der Waals surface area (Å²) in [4.78, 5) is 13.0. The zero-order chi connectivity index (χ0) is 22.0. The Morgan fingerprint density at radius 1 is 1.16 bits per heavy atom. The third-order valence-electron chi connectivity index (χ3n) is 5.53. The van der Waals surface area contributed by atoms with E-state index < -0.39 is 21.6 Å². The molecule has 0 radical (unpaired) electrons. The van der Waals surface area contributed by atoms with Gasteiger partial charge < -0.3 is 9.73 Å². The topological polar surface area (TPSA) is 76.4 Å². The molecule has 1 fully saturated rings. The zero-order valence-corrected chi connectivity index (χ0v) is 18.8. The van der Waals surface area contributed by atoms with Gasteiger partial charge in [0.2, 0.25) is 0 Å². The van der Waals surface area contributed by atoms with Gasteiger partial charge in [-0.1, -0.05) is 37.5 Å². The Morgan fingerprint density at radius 3 is 2.65 bits per heavy atom. The predicted octanol–water partition coefficient (Wildman–Crippen LogP) is 5.79. The Balaban J connectivity index is 1.63. The summed E-state index contributed by atoms with van der Waals surface area (Å²) in [5, 5.41) is 3.92. The van der Waals surface area contributed by atoms with Crippen LogP contribution >= 0.6 is 11.8 Å². The van der Waals surface area contributed by atoms with E-state index in [9.17, 15) is 17.6 Å². The Bertz CT molecular complexity index is 1210. The van der Waals surface area contributed by atoms with Crippen LogP contribution in [0.2, 0.25) is 0 Å². The van der Waals surface area contributed by atoms with Crippen molar-refractivity contribution in [2.45, 2.75) is 48.0 Å². The number of hydrogen-bond donors (Lipinski definition) is 1. The van der Waals surface area contributed by atoms with Gasteiger partial charge in [-0.2, -0.15) is 11.8 Å². The highest BCUT2D eigenvalue weighted by Gasteiger charge is 2.24. The highest BCUT2D eigenvalue weighted by Crippen LogP contribution is 2.35. The second-order valence-corrected chi connectivity index (χ2v) is 11.1. The van der Waals surface area contributed by atoms with Crippen molar-refractivity contribution >= 4 is 44.2 Å². The Morgan fingerprint density at radius 2 is 1.90 bits per heavy atom. The smallest absolute Gasteiger partial charge is 0.291 e. The number of sulfone groups is 1. The number of para-hydroxylation sites is 1. The lowest BCUT2D eigenvalue weighted by Gasteiger charge is -2.20. The van der Waals surface area contributed by atoms with E-state index in [1.54, 1.807) is 6.07 Å². The number of amides is 1. The summed E-state index contributed by atoms with van der Waals surface area (Å²) in [7, 11) is -3.54. The largest absolute Gasteiger partial charge is 0.451 e. The molecule has 4 rings (SSSR count). The molecule has 1 aliphatic rings. The van der Waals surface area contributed by atoms with Gasteiger partial charge in [0.1, 0.15) is 11.4 Å². The first-order valence-corrected chi connectivity index (χ1v) is 13.2. The lowest BCUT2D eigenvalue weighted by Crippen LogP contribution is -2.15. The van der Waals surface area contributed by atoms with Gasteiger partial charge in [0, 0.05) is 28.2 Å². The number of furan rings is 1. The number of anilines is 1. The van der Waals surface area contributed by atoms with Gasteiger partial charge in [-0.25, -0.2) is 12.8 Å². The summed E-state index contributed by atoms with van der Waals surface area (Å²) < 4.78 is 43.7. The van der Waals surface area contributed by atoms with Gasteiger partial charge in [0.15, 0.2) is 15.6 Å². The van der Waals surface area contributed by atoms with E-state index in [-0.39, 0.29) is 16.3 Å². The van der Waals surface area contributed by atoms with Crippen molar-refractivity contribution in [3.8, 4) is 0 Å². The highest BCUT2D eigenvalue weighted by molar-refractivity contribution is 7.99. The van der Waals surface area contributed by atoms with Crippen molar-refractivity contribution in [3.05, 3.63) is 59.6 Å². The lowest BCUT2D eigenvalue weighted by atomic mass is 10.0. The molecule has 0 bridgehead atoms. The second-order valence-electron chi connectivity index (χ2n) is 7.84. The monoisotopic (exact) mass is 461 g/mol. The molecule has 0 saturated heterocycles. The fourth-order valence-electron chi connectivity index (χ4n) is 3.87. The molecule has 2 aromatic carbocycles. The Kier molecular flexibility index (Phi) is 6.39. The first-order chi connectivity index (χ1) is 14.8. The van der Waals surface area contributed by atoms with Crippen LogP contribution in [0.1, 0.15) is 48.2 Å². The SMILES string of the molecule is CS(=O)(=O)c1ccc(F)c(NC(=O)c2oc3ccccc3c2CSC2CCCCC2)c1. The van der Waals surface area contributed by atoms with Gasteiger partial charge in [-0.3, -0.25) is 4.79 Å². The second kappa shape index (κ2) is 9.04. The number of rotatable bonds is 6. The van der Waals surface area contributed by atoms with Gasteiger partial charge in [0.05, 0.1) is 10.6 Å². The van der Waals surface area contributed by atoms with Crippen LogP contribution in [-0.2, 0) is 15.6 Å². The molecule has 1 aromatic heterocycles. The molecule has 8 heteroatoms. The van der Waals surface area contributed by atoms with Crippen molar-refractivity contribution in [1.82, 2.24) is 0 Å². The van der Waals surface area contributed by atoms with Crippen molar-refractivity contribution < 1.29 is 22.0 Å². The van der Waals surface area contributed by atoms with Crippen LogP contribution in [-0.4, -0.2) is 25.8 Å². The third-order valence-corrected chi connectivity index (χ3v) is 8.04. The highest BCUT2D eigenvalue weighted by atomic mass is 32.2. The molecule has 0 unspecified atom stereocenters. The fraction of sp³-hybridized carbons (Fsp3) is 0.348. The average molecular weight is 462 g/mol. The molecule has 1 saturated carbocycles. The molecule has 164 valence electrons. The molecule has 1 heterocycles. The standard InChI is InChI=1S/C23H24FNO4S2/c1-31(27,28)16-11-12-19(24)20(13-16)25-23(26)22-18(14-30-15-7-3-2-4-8-15)17-9-5-6-10-21(17)29-22/h5-6,9-13,15H,2-4,7-8,14H2,1H3,(H,25,26). The number of halogens is 1. The number of fused-ring (bicyclic) bond motifs is 1. The van der Waals surface area contributed by atoms with E-state index in [1.807, 2.05) is 30.0 Å². The van der Waals surface area contributed by atoms with Crippen molar-refractivity contribution in [2.24, 2.45) is 0 Å². The molecule has 1 aliphatic carbocycles. The number of nitrogens with one attached hydrogen (secondary N) is 1. The molecule has 31 heavy (non-hydrogen) atoms. The molecule has 5 nitrogen and oxygen atoms in total. The average Bonchev–Trinajstić information content (AvgIpc) is 3.12. The van der Waals surface area contributed by atoms with Crippen molar-refractivity contribution in [3.63, 3.8) is 0 Å². The van der Waals surface area contributed by atoms with Gasteiger partial charge in [-0.05, 0) is 37.1 Å². The summed E-state index contributed by atoms with van der Waals surface area (Å²) in [6, 6.07) is 10.8. The molecule has 0 aliphatic heterocycles. The van der Waals surface area contributed by atoms with Crippen LogP contribution in [0, 0.1) is 5.82 Å². The van der Waals surface area contributed by atoms with E-state index in [4.69, 9.17) is 4.42 Å². The number of carbonyl (C=O) groups excluding carboxylic acids is 1. The van der Waals surface area contributed by atoms with Crippen LogP contribution in [0.4, 0.5) is 10.1 Å². The van der Waals surface area contributed by atoms with Crippen LogP contribution in [0.25, 0.3) is 11.0 Å². The fourth-order valence-corrected chi connectivity index (χ4v) is 5.87. The van der Waals surface area contributed by atoms with Gasteiger partial charge in [0.25, 0.3) is 5.91 Å². The summed E-state index contributed by atoms with van der Waals surface area (Å²) in [5.74, 6) is -0.556. The summed E-state index contributed by atoms with van der Waals surface area (Å²) in [5.41, 5.74) is 1.18. The number of thioether (sulfide) groups is 1. The number of benzene rings is 2. The third kappa shape index (κ3) is 4.96. The van der Waals surface area contributed by atoms with Crippen LogP contribution in [0.5, 0.6) is 0 Å². The first-order valence-electron chi connectivity index (χ1n) is 10.3. The van der Waals surface area contributed by atoms with E-state index in [0.29, 0.717) is 16.6 Å². The summed E-state index contributed by atoms with van der Waals surface area (Å²) in [6.07, 6.45) is 7.11. The number of carbonyl (C=O) groups is 1. The van der Waals surface area contributed by atoms with Crippen LogP contribution < -0.4 is 5.32 Å². The normalized spacial score (nSPS) is 15.3. The van der Waals surface area contributed by atoms with Gasteiger partial charge in [-0.15, -0.1) is 0 Å². The molecule has 3 aromatic rings. The van der Waals surface area contributed by atoms with Crippen LogP contribution in [0.15, 0.2) is 51.8 Å². The zero-order valence-electron chi connectivity index (χ0n) is 17.2. The molecule has 1 N–H and O–H groups in total. The van der Waals surface area contributed by atoms with E-state index in [1.165, 1.54) is 38.2 Å². The summed E-state index contributed by atoms with van der Waals surface area (Å²) in [6.45, 7) is 0. The van der Waals surface area contributed by atoms with Crippen LogP contribution in [0.3, 0.4) is 0 Å². The quantitative estimate of drug-likeness (QED) is 0.470. The Labute approximate surface area is 185 Å². The Hall–Kier alpha value is -2.32. The molecular formula is C23H24FNO4S2. The van der Waals surface area contributed by atoms with E-state index >= 15 is 0 Å². The molecular weight excluding hydrogens is 437 g/mol. The van der Waals surface area contributed by atoms with E-state index in [0.717, 1.165) is 29.3 Å². The minimum absolute atomic E-state index is 0.0677. The maximum atomic E-state index is 14.3. The molecule has 0 spiro atoms. The summed E-state index contributed by atoms with van der Waals surface area (Å²) >= 11 is 1.82.